The maximum Gasteiger partial charge on any atom is 0.0423 e. The second kappa shape index (κ2) is 6.31. The fraction of sp³-hybridized carbons (Fsp3) is 0.312. The van der Waals surface area contributed by atoms with E-state index in [0.29, 0.717) is 6.04 Å². The van der Waals surface area contributed by atoms with Crippen molar-refractivity contribution in [3.63, 3.8) is 0 Å². The predicted molar refractivity (Wildman–Crippen MR) is 83.4 cm³/mol. The van der Waals surface area contributed by atoms with Gasteiger partial charge in [0.25, 0.3) is 0 Å². The van der Waals surface area contributed by atoms with Crippen LogP contribution in [0.1, 0.15) is 28.4 Å². The number of halogens is 1. The standard InChI is InChI=1S/C16H19BrN2/c1-11-5-4-6-12(2)16(11)15(18-3)9-14-8-7-13(17)10-19-14/h4-8,10,15,18H,9H2,1-3H3. The lowest BCUT2D eigenvalue weighted by Gasteiger charge is -2.21. The van der Waals surface area contributed by atoms with Gasteiger partial charge in [0.05, 0.1) is 0 Å². The average Bonchev–Trinajstić information content (AvgIpc) is 2.39. The number of rotatable bonds is 4. The van der Waals surface area contributed by atoms with Gasteiger partial charge in [-0.05, 0) is 65.6 Å². The fourth-order valence-electron chi connectivity index (χ4n) is 2.46. The van der Waals surface area contributed by atoms with Crippen molar-refractivity contribution in [2.45, 2.75) is 26.3 Å². The highest BCUT2D eigenvalue weighted by Gasteiger charge is 2.15. The molecule has 0 amide bonds. The first kappa shape index (κ1) is 14.2. The summed E-state index contributed by atoms with van der Waals surface area (Å²) in [6, 6.07) is 10.9. The number of aryl methyl sites for hydroxylation is 2. The van der Waals surface area contributed by atoms with Crippen LogP contribution in [0.25, 0.3) is 0 Å². The quantitative estimate of drug-likeness (QED) is 0.922. The van der Waals surface area contributed by atoms with Gasteiger partial charge in [-0.15, -0.1) is 0 Å². The molecule has 0 saturated carbocycles. The summed E-state index contributed by atoms with van der Waals surface area (Å²) in [4.78, 5) is 4.46. The Kier molecular flexibility index (Phi) is 4.72. The van der Waals surface area contributed by atoms with Crippen LogP contribution < -0.4 is 5.32 Å². The molecule has 3 heteroatoms. The van der Waals surface area contributed by atoms with Gasteiger partial charge < -0.3 is 5.32 Å². The molecule has 1 aromatic carbocycles. The van der Waals surface area contributed by atoms with E-state index in [0.717, 1.165) is 16.6 Å². The Bertz CT molecular complexity index is 529. The summed E-state index contributed by atoms with van der Waals surface area (Å²) in [5, 5.41) is 3.41. The summed E-state index contributed by atoms with van der Waals surface area (Å²) in [5.41, 5.74) is 5.15. The molecule has 0 bridgehead atoms. The summed E-state index contributed by atoms with van der Waals surface area (Å²) in [6.07, 6.45) is 2.75. The molecule has 0 fully saturated rings. The van der Waals surface area contributed by atoms with Gasteiger partial charge in [0.15, 0.2) is 0 Å². The number of nitrogens with zero attached hydrogens (tertiary/aromatic N) is 1. The van der Waals surface area contributed by atoms with Crippen molar-refractivity contribution in [1.82, 2.24) is 10.3 Å². The molecule has 0 radical (unpaired) electrons. The summed E-state index contributed by atoms with van der Waals surface area (Å²) >= 11 is 3.42. The zero-order valence-electron chi connectivity index (χ0n) is 11.6. The van der Waals surface area contributed by atoms with E-state index in [9.17, 15) is 0 Å². The zero-order chi connectivity index (χ0) is 13.8. The van der Waals surface area contributed by atoms with Crippen LogP contribution in [0.5, 0.6) is 0 Å². The number of hydrogen-bond acceptors (Lipinski definition) is 2. The van der Waals surface area contributed by atoms with E-state index in [-0.39, 0.29) is 0 Å². The number of likely N-dealkylation sites (N-methyl/N-ethyl adjacent to an activating group) is 1. The molecular formula is C16H19BrN2. The molecule has 0 aliphatic carbocycles. The molecule has 0 saturated heterocycles. The van der Waals surface area contributed by atoms with E-state index in [1.54, 1.807) is 0 Å². The van der Waals surface area contributed by atoms with Crippen LogP contribution in [-0.2, 0) is 6.42 Å². The topological polar surface area (TPSA) is 24.9 Å². The molecule has 1 atom stereocenters. The Morgan fingerprint density at radius 1 is 1.16 bits per heavy atom. The maximum atomic E-state index is 4.46. The first-order valence-electron chi connectivity index (χ1n) is 6.45. The molecule has 0 spiro atoms. The van der Waals surface area contributed by atoms with Crippen LogP contribution >= 0.6 is 15.9 Å². The molecule has 1 heterocycles. The minimum absolute atomic E-state index is 0.301. The number of aromatic nitrogens is 1. The van der Waals surface area contributed by atoms with E-state index < -0.39 is 0 Å². The van der Waals surface area contributed by atoms with Gasteiger partial charge in [0.1, 0.15) is 0 Å². The summed E-state index contributed by atoms with van der Waals surface area (Å²) in [6.45, 7) is 4.34. The smallest absolute Gasteiger partial charge is 0.0423 e. The zero-order valence-corrected chi connectivity index (χ0v) is 13.2. The third-order valence-electron chi connectivity index (χ3n) is 3.44. The van der Waals surface area contributed by atoms with Crippen molar-refractivity contribution >= 4 is 15.9 Å². The molecule has 2 nitrogen and oxygen atoms in total. The molecule has 1 unspecified atom stereocenters. The minimum atomic E-state index is 0.301. The van der Waals surface area contributed by atoms with Gasteiger partial charge in [-0.1, -0.05) is 18.2 Å². The van der Waals surface area contributed by atoms with Crippen molar-refractivity contribution in [3.8, 4) is 0 Å². The van der Waals surface area contributed by atoms with Gasteiger partial charge in [-0.3, -0.25) is 4.98 Å². The van der Waals surface area contributed by atoms with Crippen LogP contribution in [0.4, 0.5) is 0 Å². The number of hydrogen-bond donors (Lipinski definition) is 1. The van der Waals surface area contributed by atoms with E-state index in [4.69, 9.17) is 0 Å². The van der Waals surface area contributed by atoms with Gasteiger partial charge in [-0.25, -0.2) is 0 Å². The monoisotopic (exact) mass is 318 g/mol. The summed E-state index contributed by atoms with van der Waals surface area (Å²) in [5.74, 6) is 0. The molecule has 19 heavy (non-hydrogen) atoms. The first-order valence-corrected chi connectivity index (χ1v) is 7.25. The normalized spacial score (nSPS) is 12.4. The molecule has 1 aromatic heterocycles. The Morgan fingerprint density at radius 3 is 2.37 bits per heavy atom. The van der Waals surface area contributed by atoms with E-state index in [1.807, 2.05) is 19.3 Å². The first-order chi connectivity index (χ1) is 9.11. The van der Waals surface area contributed by atoms with Gasteiger partial charge >= 0.3 is 0 Å². The molecule has 1 N–H and O–H groups in total. The van der Waals surface area contributed by atoms with Crippen molar-refractivity contribution in [1.29, 1.82) is 0 Å². The lowest BCUT2D eigenvalue weighted by molar-refractivity contribution is 0.578. The second-order valence-electron chi connectivity index (χ2n) is 4.82. The Labute approximate surface area is 123 Å². The lowest BCUT2D eigenvalue weighted by Crippen LogP contribution is -2.21. The van der Waals surface area contributed by atoms with Crippen molar-refractivity contribution in [2.24, 2.45) is 0 Å². The highest BCUT2D eigenvalue weighted by Crippen LogP contribution is 2.24. The Morgan fingerprint density at radius 2 is 1.84 bits per heavy atom. The predicted octanol–water partition coefficient (Wildman–Crippen LogP) is 3.96. The number of benzene rings is 1. The van der Waals surface area contributed by atoms with Crippen molar-refractivity contribution in [2.75, 3.05) is 7.05 Å². The molecule has 0 aliphatic heterocycles. The Hall–Kier alpha value is -1.19. The number of nitrogens with one attached hydrogen (secondary N) is 1. The third-order valence-corrected chi connectivity index (χ3v) is 3.91. The number of pyridine rings is 1. The third kappa shape index (κ3) is 3.43. The van der Waals surface area contributed by atoms with Gasteiger partial charge in [0.2, 0.25) is 0 Å². The van der Waals surface area contributed by atoms with Crippen LogP contribution in [-0.4, -0.2) is 12.0 Å². The van der Waals surface area contributed by atoms with E-state index >= 15 is 0 Å². The minimum Gasteiger partial charge on any atom is -0.313 e. The average molecular weight is 319 g/mol. The van der Waals surface area contributed by atoms with Gasteiger partial charge in [-0.2, -0.15) is 0 Å². The molecule has 0 aliphatic rings. The van der Waals surface area contributed by atoms with Crippen LogP contribution in [0.3, 0.4) is 0 Å². The second-order valence-corrected chi connectivity index (χ2v) is 5.73. The largest absolute Gasteiger partial charge is 0.313 e. The van der Waals surface area contributed by atoms with Crippen LogP contribution in [0.15, 0.2) is 41.0 Å². The van der Waals surface area contributed by atoms with Crippen LogP contribution in [0.2, 0.25) is 0 Å². The highest BCUT2D eigenvalue weighted by molar-refractivity contribution is 9.10. The molecular weight excluding hydrogens is 300 g/mol. The fourth-order valence-corrected chi connectivity index (χ4v) is 2.70. The van der Waals surface area contributed by atoms with Crippen molar-refractivity contribution in [3.05, 3.63) is 63.4 Å². The SMILES string of the molecule is CNC(Cc1ccc(Br)cn1)c1c(C)cccc1C. The highest BCUT2D eigenvalue weighted by atomic mass is 79.9. The molecule has 2 rings (SSSR count). The summed E-state index contributed by atoms with van der Waals surface area (Å²) in [7, 11) is 2.01. The lowest BCUT2D eigenvalue weighted by atomic mass is 9.93. The van der Waals surface area contributed by atoms with E-state index in [2.05, 4.69) is 64.3 Å². The molecule has 2 aromatic rings. The van der Waals surface area contributed by atoms with Crippen molar-refractivity contribution < 1.29 is 0 Å². The van der Waals surface area contributed by atoms with E-state index in [1.165, 1.54) is 16.7 Å². The Balaban J connectivity index is 2.27. The van der Waals surface area contributed by atoms with Gasteiger partial charge in [0, 0.05) is 28.8 Å². The maximum absolute atomic E-state index is 4.46. The van der Waals surface area contributed by atoms with Crippen LogP contribution in [0, 0.1) is 13.8 Å². The molecule has 100 valence electrons. The summed E-state index contributed by atoms with van der Waals surface area (Å²) < 4.78 is 1.02.